The lowest BCUT2D eigenvalue weighted by atomic mass is 9.97. The summed E-state index contributed by atoms with van der Waals surface area (Å²) < 4.78 is 10.6. The molecule has 1 aliphatic heterocycles. The molecule has 162 valence electrons. The molecule has 1 saturated heterocycles. The molecule has 1 atom stereocenters. The maximum absolute atomic E-state index is 12.6. The average molecular weight is 412 g/mol. The van der Waals surface area contributed by atoms with Gasteiger partial charge in [-0.05, 0) is 67.6 Å². The van der Waals surface area contributed by atoms with E-state index in [0.29, 0.717) is 5.92 Å². The van der Waals surface area contributed by atoms with E-state index in [-0.39, 0.29) is 6.03 Å². The summed E-state index contributed by atoms with van der Waals surface area (Å²) in [6.45, 7) is 3.91. The van der Waals surface area contributed by atoms with E-state index in [0.717, 1.165) is 56.2 Å². The normalized spacial score (nSPS) is 16.7. The van der Waals surface area contributed by atoms with Gasteiger partial charge in [0.1, 0.15) is 11.5 Å². The summed E-state index contributed by atoms with van der Waals surface area (Å²) in [6.07, 6.45) is 3.31. The Morgan fingerprint density at radius 1 is 1.13 bits per heavy atom. The molecule has 2 aromatic carbocycles. The fourth-order valence-corrected chi connectivity index (χ4v) is 4.05. The maximum atomic E-state index is 12.6. The quantitative estimate of drug-likeness (QED) is 0.710. The number of amides is 2. The van der Waals surface area contributed by atoms with E-state index >= 15 is 0 Å². The zero-order chi connectivity index (χ0) is 21.3. The molecule has 1 heterocycles. The van der Waals surface area contributed by atoms with Crippen molar-refractivity contribution in [3.8, 4) is 11.5 Å². The van der Waals surface area contributed by atoms with Gasteiger partial charge in [0, 0.05) is 32.4 Å². The minimum atomic E-state index is -0.0775. The second kappa shape index (κ2) is 10.9. The predicted molar refractivity (Wildman–Crippen MR) is 121 cm³/mol. The number of ether oxygens (including phenoxy) is 2. The smallest absolute Gasteiger partial charge is 0.321 e. The summed E-state index contributed by atoms with van der Waals surface area (Å²) in [5.74, 6) is 2.22. The highest BCUT2D eigenvalue weighted by atomic mass is 16.5. The van der Waals surface area contributed by atoms with Crippen molar-refractivity contribution in [1.29, 1.82) is 0 Å². The molecule has 0 bridgehead atoms. The first-order chi connectivity index (χ1) is 14.6. The predicted octanol–water partition coefficient (Wildman–Crippen LogP) is 4.12. The molecule has 6 nitrogen and oxygen atoms in total. The van der Waals surface area contributed by atoms with Crippen LogP contribution in [-0.2, 0) is 6.42 Å². The van der Waals surface area contributed by atoms with Gasteiger partial charge in [-0.3, -0.25) is 0 Å². The van der Waals surface area contributed by atoms with Crippen molar-refractivity contribution >= 4 is 11.7 Å². The number of hydrogen-bond acceptors (Lipinski definition) is 4. The van der Waals surface area contributed by atoms with Crippen molar-refractivity contribution in [2.24, 2.45) is 5.92 Å². The first-order valence-corrected chi connectivity index (χ1v) is 10.6. The monoisotopic (exact) mass is 411 g/mol. The fourth-order valence-electron chi connectivity index (χ4n) is 4.05. The van der Waals surface area contributed by atoms with Crippen LogP contribution in [-0.4, -0.2) is 63.3 Å². The molecule has 0 aliphatic carbocycles. The second-order valence-corrected chi connectivity index (χ2v) is 7.91. The second-order valence-electron chi connectivity index (χ2n) is 7.91. The van der Waals surface area contributed by atoms with Crippen LogP contribution in [0, 0.1) is 5.92 Å². The zero-order valence-corrected chi connectivity index (χ0v) is 18.3. The highest BCUT2D eigenvalue weighted by Gasteiger charge is 2.23. The molecule has 1 unspecified atom stereocenters. The molecular weight excluding hydrogens is 378 g/mol. The Hall–Kier alpha value is -2.73. The first-order valence-electron chi connectivity index (χ1n) is 10.6. The van der Waals surface area contributed by atoms with Crippen LogP contribution in [0.5, 0.6) is 11.5 Å². The molecule has 3 rings (SSSR count). The Kier molecular flexibility index (Phi) is 7.97. The summed E-state index contributed by atoms with van der Waals surface area (Å²) in [5, 5.41) is 2.96. The Bertz CT molecular complexity index is 810. The van der Waals surface area contributed by atoms with Gasteiger partial charge >= 0.3 is 6.03 Å². The van der Waals surface area contributed by atoms with Gasteiger partial charge in [0.2, 0.25) is 0 Å². The molecular formula is C24H33N3O3. The number of nitrogens with one attached hydrogen (secondary N) is 1. The van der Waals surface area contributed by atoms with Gasteiger partial charge in [-0.2, -0.15) is 0 Å². The van der Waals surface area contributed by atoms with Crippen molar-refractivity contribution in [2.45, 2.75) is 19.3 Å². The molecule has 0 aromatic heterocycles. The van der Waals surface area contributed by atoms with Crippen LogP contribution in [0.3, 0.4) is 0 Å². The van der Waals surface area contributed by atoms with Gasteiger partial charge in [0.25, 0.3) is 0 Å². The van der Waals surface area contributed by atoms with Crippen LogP contribution in [0.15, 0.2) is 48.5 Å². The molecule has 1 aliphatic rings. The minimum Gasteiger partial charge on any atom is -0.497 e. The lowest BCUT2D eigenvalue weighted by Crippen LogP contribution is -2.43. The molecule has 6 heteroatoms. The number of nitrogens with zero attached hydrogens (tertiary/aromatic N) is 2. The van der Waals surface area contributed by atoms with Crippen LogP contribution in [0.1, 0.15) is 18.4 Å². The summed E-state index contributed by atoms with van der Waals surface area (Å²) in [5.41, 5.74) is 2.02. The van der Waals surface area contributed by atoms with Crippen molar-refractivity contribution in [3.63, 3.8) is 0 Å². The molecule has 2 amide bonds. The van der Waals surface area contributed by atoms with Crippen molar-refractivity contribution < 1.29 is 14.3 Å². The van der Waals surface area contributed by atoms with Crippen LogP contribution in [0.25, 0.3) is 0 Å². The van der Waals surface area contributed by atoms with Crippen molar-refractivity contribution in [1.82, 2.24) is 9.80 Å². The van der Waals surface area contributed by atoms with Gasteiger partial charge in [-0.25, -0.2) is 4.79 Å². The molecule has 0 saturated carbocycles. The number of anilines is 1. The number of urea groups is 1. The minimum absolute atomic E-state index is 0.0775. The zero-order valence-electron chi connectivity index (χ0n) is 18.3. The van der Waals surface area contributed by atoms with Gasteiger partial charge in [-0.1, -0.05) is 18.2 Å². The van der Waals surface area contributed by atoms with Crippen LogP contribution in [0.4, 0.5) is 10.5 Å². The third-order valence-corrected chi connectivity index (χ3v) is 5.71. The molecule has 2 aromatic rings. The van der Waals surface area contributed by atoms with E-state index < -0.39 is 0 Å². The highest BCUT2D eigenvalue weighted by Crippen LogP contribution is 2.21. The summed E-state index contributed by atoms with van der Waals surface area (Å²) in [6, 6.07) is 15.5. The van der Waals surface area contributed by atoms with Crippen LogP contribution in [0.2, 0.25) is 0 Å². The van der Waals surface area contributed by atoms with Crippen molar-refractivity contribution in [2.75, 3.05) is 52.8 Å². The van der Waals surface area contributed by atoms with E-state index in [1.807, 2.05) is 43.4 Å². The van der Waals surface area contributed by atoms with E-state index in [1.165, 1.54) is 12.0 Å². The number of para-hydroxylation sites is 1. The Balaban J connectivity index is 1.46. The van der Waals surface area contributed by atoms with E-state index in [9.17, 15) is 4.79 Å². The van der Waals surface area contributed by atoms with E-state index in [1.54, 1.807) is 19.1 Å². The van der Waals surface area contributed by atoms with Gasteiger partial charge < -0.3 is 24.6 Å². The third-order valence-electron chi connectivity index (χ3n) is 5.71. The number of benzene rings is 2. The van der Waals surface area contributed by atoms with Crippen LogP contribution < -0.4 is 14.8 Å². The fraction of sp³-hybridized carbons (Fsp3) is 0.458. The summed E-state index contributed by atoms with van der Waals surface area (Å²) >= 11 is 0. The Labute approximate surface area is 179 Å². The molecule has 1 N–H and O–H groups in total. The van der Waals surface area contributed by atoms with Crippen molar-refractivity contribution in [3.05, 3.63) is 54.1 Å². The highest BCUT2D eigenvalue weighted by molar-refractivity contribution is 5.89. The molecule has 0 radical (unpaired) electrons. The molecule has 1 fully saturated rings. The molecule has 30 heavy (non-hydrogen) atoms. The van der Waals surface area contributed by atoms with Gasteiger partial charge in [-0.15, -0.1) is 0 Å². The Morgan fingerprint density at radius 2 is 1.90 bits per heavy atom. The maximum Gasteiger partial charge on any atom is 0.321 e. The lowest BCUT2D eigenvalue weighted by Gasteiger charge is -2.34. The van der Waals surface area contributed by atoms with Gasteiger partial charge in [0.15, 0.2) is 0 Å². The number of rotatable bonds is 8. The summed E-state index contributed by atoms with van der Waals surface area (Å²) in [7, 11) is 5.22. The standard InChI is InChI=1S/C24H33N3O3/c1-26(24(28)25-21-10-12-22(29-2)13-11-21)17-19-7-6-15-27(18-19)16-14-20-8-4-5-9-23(20)30-3/h4-5,8-13,19H,6-7,14-18H2,1-3H3,(H,25,28). The lowest BCUT2D eigenvalue weighted by molar-refractivity contribution is 0.150. The number of hydrogen-bond donors (Lipinski definition) is 1. The van der Waals surface area contributed by atoms with Crippen LogP contribution >= 0.6 is 0 Å². The number of piperidine rings is 1. The topological polar surface area (TPSA) is 54.0 Å². The third kappa shape index (κ3) is 6.13. The number of methoxy groups -OCH3 is 2. The summed E-state index contributed by atoms with van der Waals surface area (Å²) in [4.78, 5) is 16.9. The largest absolute Gasteiger partial charge is 0.497 e. The van der Waals surface area contributed by atoms with E-state index in [4.69, 9.17) is 9.47 Å². The average Bonchev–Trinajstić information content (AvgIpc) is 2.78. The SMILES string of the molecule is COc1ccc(NC(=O)N(C)CC2CCCN(CCc3ccccc3OC)C2)cc1. The molecule has 0 spiro atoms. The number of likely N-dealkylation sites (tertiary alicyclic amines) is 1. The number of carbonyl (C=O) groups excluding carboxylic acids is 1. The number of carbonyl (C=O) groups is 1. The van der Waals surface area contributed by atoms with Gasteiger partial charge in [0.05, 0.1) is 14.2 Å². The van der Waals surface area contributed by atoms with E-state index in [2.05, 4.69) is 22.3 Å². The Morgan fingerprint density at radius 3 is 2.63 bits per heavy atom. The first kappa shape index (κ1) is 22.0.